The molecule has 0 N–H and O–H groups in total. The maximum Gasteiger partial charge on any atom is 0.223 e. The van der Waals surface area contributed by atoms with Crippen LogP contribution in [0, 0.1) is 5.82 Å². The Morgan fingerprint density at radius 3 is 2.90 bits per heavy atom. The number of rotatable bonds is 5. The Kier molecular flexibility index (Phi) is 5.30. The van der Waals surface area contributed by atoms with Crippen LogP contribution >= 0.6 is 0 Å². The average Bonchev–Trinajstić information content (AvgIpc) is 2.48. The van der Waals surface area contributed by atoms with E-state index in [9.17, 15) is 9.18 Å². The topological polar surface area (TPSA) is 29.5 Å². The highest BCUT2D eigenvalue weighted by Crippen LogP contribution is 2.15. The Labute approximate surface area is 119 Å². The number of nitrogens with zero attached hydrogens (tertiary/aromatic N) is 1. The summed E-state index contributed by atoms with van der Waals surface area (Å²) in [6.07, 6.45) is 3.64. The molecule has 0 saturated carbocycles. The van der Waals surface area contributed by atoms with Gasteiger partial charge in [-0.2, -0.15) is 0 Å². The van der Waals surface area contributed by atoms with Crippen molar-refractivity contribution in [1.29, 1.82) is 0 Å². The second kappa shape index (κ2) is 7.20. The van der Waals surface area contributed by atoms with Gasteiger partial charge in [-0.15, -0.1) is 6.58 Å². The minimum absolute atomic E-state index is 0.0338. The lowest BCUT2D eigenvalue weighted by molar-refractivity contribution is -0.139. The fourth-order valence-electron chi connectivity index (χ4n) is 2.41. The highest BCUT2D eigenvalue weighted by Gasteiger charge is 2.26. The van der Waals surface area contributed by atoms with Crippen LogP contribution in [-0.4, -0.2) is 36.6 Å². The Morgan fingerprint density at radius 2 is 2.20 bits per heavy atom. The van der Waals surface area contributed by atoms with Crippen molar-refractivity contribution in [2.24, 2.45) is 0 Å². The fourth-order valence-corrected chi connectivity index (χ4v) is 2.41. The van der Waals surface area contributed by atoms with Crippen LogP contribution in [0.25, 0.3) is 0 Å². The van der Waals surface area contributed by atoms with Gasteiger partial charge in [0.05, 0.1) is 19.3 Å². The van der Waals surface area contributed by atoms with Gasteiger partial charge >= 0.3 is 0 Å². The predicted molar refractivity (Wildman–Crippen MR) is 75.9 cm³/mol. The van der Waals surface area contributed by atoms with E-state index in [1.807, 2.05) is 4.90 Å². The maximum atomic E-state index is 12.9. The van der Waals surface area contributed by atoms with E-state index < -0.39 is 0 Å². The second-order valence-corrected chi connectivity index (χ2v) is 4.97. The second-order valence-electron chi connectivity index (χ2n) is 4.97. The first kappa shape index (κ1) is 14.7. The van der Waals surface area contributed by atoms with Crippen LogP contribution < -0.4 is 0 Å². The molecule has 1 amide bonds. The third-order valence-corrected chi connectivity index (χ3v) is 3.49. The molecule has 1 heterocycles. The van der Waals surface area contributed by atoms with Crippen LogP contribution in [0.3, 0.4) is 0 Å². The molecule has 0 bridgehead atoms. The maximum absolute atomic E-state index is 12.9. The zero-order valence-corrected chi connectivity index (χ0v) is 11.6. The molecule has 1 fully saturated rings. The lowest BCUT2D eigenvalue weighted by Gasteiger charge is -2.36. The Morgan fingerprint density at radius 1 is 1.45 bits per heavy atom. The summed E-state index contributed by atoms with van der Waals surface area (Å²) >= 11 is 0. The predicted octanol–water partition coefficient (Wildman–Crippen LogP) is 2.56. The van der Waals surface area contributed by atoms with Gasteiger partial charge in [-0.3, -0.25) is 4.79 Å². The number of morpholine rings is 1. The molecule has 0 spiro atoms. The molecule has 0 aromatic heterocycles. The van der Waals surface area contributed by atoms with Crippen LogP contribution in [0.5, 0.6) is 0 Å². The van der Waals surface area contributed by atoms with E-state index in [0.717, 1.165) is 5.56 Å². The van der Waals surface area contributed by atoms with Gasteiger partial charge in [0, 0.05) is 13.0 Å². The van der Waals surface area contributed by atoms with Crippen molar-refractivity contribution < 1.29 is 13.9 Å². The van der Waals surface area contributed by atoms with Crippen LogP contribution in [0.1, 0.15) is 18.4 Å². The first-order valence-electron chi connectivity index (χ1n) is 6.93. The molecule has 1 saturated heterocycles. The third kappa shape index (κ3) is 3.90. The molecule has 1 aliphatic heterocycles. The molecule has 0 aliphatic carbocycles. The van der Waals surface area contributed by atoms with Crippen molar-refractivity contribution in [3.63, 3.8) is 0 Å². The summed E-state index contributed by atoms with van der Waals surface area (Å²) in [5.74, 6) is -0.104. The number of hydrogen-bond acceptors (Lipinski definition) is 2. The zero-order chi connectivity index (χ0) is 14.4. The van der Waals surface area contributed by atoms with Crippen molar-refractivity contribution >= 4 is 5.91 Å². The quantitative estimate of drug-likeness (QED) is 0.774. The molecular formula is C16H20FNO2. The van der Waals surface area contributed by atoms with Crippen LogP contribution in [-0.2, 0) is 16.0 Å². The molecule has 1 aromatic rings. The van der Waals surface area contributed by atoms with Gasteiger partial charge in [-0.1, -0.05) is 18.2 Å². The molecule has 1 aliphatic rings. The summed E-state index contributed by atoms with van der Waals surface area (Å²) in [5.41, 5.74) is 1.02. The lowest BCUT2D eigenvalue weighted by atomic mass is 10.0. The van der Waals surface area contributed by atoms with E-state index in [4.69, 9.17) is 4.74 Å². The van der Waals surface area contributed by atoms with Gasteiger partial charge in [0.25, 0.3) is 0 Å². The van der Waals surface area contributed by atoms with Crippen molar-refractivity contribution in [2.45, 2.75) is 25.3 Å². The first-order valence-corrected chi connectivity index (χ1v) is 6.93. The van der Waals surface area contributed by atoms with Gasteiger partial charge in [0.2, 0.25) is 5.91 Å². The summed E-state index contributed by atoms with van der Waals surface area (Å²) in [7, 11) is 0. The van der Waals surface area contributed by atoms with E-state index >= 15 is 0 Å². The van der Waals surface area contributed by atoms with Crippen LogP contribution in [0.4, 0.5) is 4.39 Å². The van der Waals surface area contributed by atoms with Crippen molar-refractivity contribution in [1.82, 2.24) is 4.90 Å². The van der Waals surface area contributed by atoms with Crippen LogP contribution in [0.2, 0.25) is 0 Å². The summed E-state index contributed by atoms with van der Waals surface area (Å²) in [4.78, 5) is 14.1. The molecule has 3 nitrogen and oxygen atoms in total. The Bertz CT molecular complexity index is 458. The third-order valence-electron chi connectivity index (χ3n) is 3.49. The minimum atomic E-state index is -0.243. The van der Waals surface area contributed by atoms with Crippen LogP contribution in [0.15, 0.2) is 36.9 Å². The zero-order valence-electron chi connectivity index (χ0n) is 11.6. The Hall–Kier alpha value is -1.68. The van der Waals surface area contributed by atoms with E-state index in [0.29, 0.717) is 39.0 Å². The summed E-state index contributed by atoms with van der Waals surface area (Å²) in [6, 6.07) is 6.45. The standard InChI is InChI=1S/C16H20FNO2/c1-2-3-4-16(19)18-9-10-20-12-15(18)11-13-5-7-14(17)8-6-13/h2,5-8,15H,1,3-4,9-12H2/t15-/m1/s1. The molecule has 1 aromatic carbocycles. The molecular weight excluding hydrogens is 257 g/mol. The number of carbonyl (C=O) groups excluding carboxylic acids is 1. The number of amides is 1. The van der Waals surface area contributed by atoms with Gasteiger partial charge in [-0.25, -0.2) is 4.39 Å². The SMILES string of the molecule is C=CCCC(=O)N1CCOC[C@H]1Cc1ccc(F)cc1. The van der Waals surface area contributed by atoms with Crippen molar-refractivity contribution in [3.05, 3.63) is 48.3 Å². The summed E-state index contributed by atoms with van der Waals surface area (Å²) in [6.45, 7) is 5.39. The van der Waals surface area contributed by atoms with E-state index in [2.05, 4.69) is 6.58 Å². The van der Waals surface area contributed by atoms with Gasteiger partial charge in [0.15, 0.2) is 0 Å². The number of halogens is 1. The molecule has 1 atom stereocenters. The molecule has 108 valence electrons. The average molecular weight is 277 g/mol. The number of ether oxygens (including phenoxy) is 1. The van der Waals surface area contributed by atoms with Gasteiger partial charge < -0.3 is 9.64 Å². The van der Waals surface area contributed by atoms with Gasteiger partial charge in [0.1, 0.15) is 5.82 Å². The highest BCUT2D eigenvalue weighted by molar-refractivity contribution is 5.76. The molecule has 2 rings (SSSR count). The highest BCUT2D eigenvalue weighted by atomic mass is 19.1. The number of benzene rings is 1. The molecule has 20 heavy (non-hydrogen) atoms. The summed E-state index contributed by atoms with van der Waals surface area (Å²) < 4.78 is 18.4. The van der Waals surface area contributed by atoms with E-state index in [1.54, 1.807) is 18.2 Å². The molecule has 4 heteroatoms. The Balaban J connectivity index is 2.00. The number of carbonyl (C=O) groups is 1. The minimum Gasteiger partial charge on any atom is -0.377 e. The van der Waals surface area contributed by atoms with E-state index in [-0.39, 0.29) is 17.8 Å². The fraction of sp³-hybridized carbons (Fsp3) is 0.438. The summed E-state index contributed by atoms with van der Waals surface area (Å²) in [5, 5.41) is 0. The van der Waals surface area contributed by atoms with Crippen molar-refractivity contribution in [2.75, 3.05) is 19.8 Å². The van der Waals surface area contributed by atoms with Crippen molar-refractivity contribution in [3.8, 4) is 0 Å². The smallest absolute Gasteiger partial charge is 0.223 e. The first-order chi connectivity index (χ1) is 9.70. The number of hydrogen-bond donors (Lipinski definition) is 0. The molecule has 0 unspecified atom stereocenters. The molecule has 0 radical (unpaired) electrons. The monoisotopic (exact) mass is 277 g/mol. The number of allylic oxidation sites excluding steroid dienone is 1. The lowest BCUT2D eigenvalue weighted by Crippen LogP contribution is -2.49. The van der Waals surface area contributed by atoms with Gasteiger partial charge in [-0.05, 0) is 30.5 Å². The normalized spacial score (nSPS) is 18.9. The van der Waals surface area contributed by atoms with E-state index in [1.165, 1.54) is 12.1 Å². The largest absolute Gasteiger partial charge is 0.377 e.